The van der Waals surface area contributed by atoms with Crippen LogP contribution in [0.1, 0.15) is 36.3 Å². The lowest BCUT2D eigenvalue weighted by atomic mass is 9.77. The normalized spacial score (nSPS) is 31.4. The highest BCUT2D eigenvalue weighted by Crippen LogP contribution is 2.35. The van der Waals surface area contributed by atoms with Crippen LogP contribution < -0.4 is 0 Å². The van der Waals surface area contributed by atoms with Crippen LogP contribution in [0.4, 0.5) is 0 Å². The van der Waals surface area contributed by atoms with Crippen molar-refractivity contribution < 1.29 is 0 Å². The van der Waals surface area contributed by atoms with Crippen LogP contribution in [0.2, 0.25) is 0 Å². The number of nitrogens with zero attached hydrogens (tertiary/aromatic N) is 2. The SMILES string of the molecule is c1ccc2c(c1)CC2CN1CCCN2CCCC2C1. The highest BCUT2D eigenvalue weighted by molar-refractivity contribution is 5.40. The van der Waals surface area contributed by atoms with Crippen molar-refractivity contribution in [1.29, 1.82) is 0 Å². The van der Waals surface area contributed by atoms with Crippen molar-refractivity contribution in [1.82, 2.24) is 9.80 Å². The molecule has 102 valence electrons. The van der Waals surface area contributed by atoms with Gasteiger partial charge in [-0.2, -0.15) is 0 Å². The number of fused-ring (bicyclic) bond motifs is 2. The predicted molar refractivity (Wildman–Crippen MR) is 78.5 cm³/mol. The van der Waals surface area contributed by atoms with E-state index >= 15 is 0 Å². The van der Waals surface area contributed by atoms with E-state index in [9.17, 15) is 0 Å². The van der Waals surface area contributed by atoms with Crippen LogP contribution in [-0.2, 0) is 6.42 Å². The van der Waals surface area contributed by atoms with Crippen molar-refractivity contribution in [2.24, 2.45) is 0 Å². The van der Waals surface area contributed by atoms with Gasteiger partial charge in [-0.25, -0.2) is 0 Å². The van der Waals surface area contributed by atoms with Gasteiger partial charge < -0.3 is 4.90 Å². The number of hydrogen-bond acceptors (Lipinski definition) is 2. The summed E-state index contributed by atoms with van der Waals surface area (Å²) in [7, 11) is 0. The fraction of sp³-hybridized carbons (Fsp3) is 0.647. The Morgan fingerprint density at radius 1 is 1.05 bits per heavy atom. The monoisotopic (exact) mass is 256 g/mol. The maximum Gasteiger partial charge on any atom is 0.0223 e. The Morgan fingerprint density at radius 2 is 1.95 bits per heavy atom. The van der Waals surface area contributed by atoms with Crippen molar-refractivity contribution >= 4 is 0 Å². The van der Waals surface area contributed by atoms with Crippen LogP contribution in [-0.4, -0.2) is 48.6 Å². The van der Waals surface area contributed by atoms with Gasteiger partial charge in [0.1, 0.15) is 0 Å². The van der Waals surface area contributed by atoms with E-state index in [1.165, 1.54) is 58.4 Å². The van der Waals surface area contributed by atoms with Crippen molar-refractivity contribution in [3.05, 3.63) is 35.4 Å². The third-order valence-corrected chi connectivity index (χ3v) is 5.33. The van der Waals surface area contributed by atoms with E-state index in [1.807, 2.05) is 0 Å². The van der Waals surface area contributed by atoms with Gasteiger partial charge in [-0.05, 0) is 56.4 Å². The number of benzene rings is 1. The first-order valence-corrected chi connectivity index (χ1v) is 7.94. The van der Waals surface area contributed by atoms with Gasteiger partial charge in [0.2, 0.25) is 0 Å². The van der Waals surface area contributed by atoms with E-state index in [4.69, 9.17) is 0 Å². The average Bonchev–Trinajstić information content (AvgIpc) is 2.75. The van der Waals surface area contributed by atoms with Crippen molar-refractivity contribution in [2.75, 3.05) is 32.7 Å². The second-order valence-corrected chi connectivity index (χ2v) is 6.55. The van der Waals surface area contributed by atoms with E-state index in [0.717, 1.165) is 12.0 Å². The Kier molecular flexibility index (Phi) is 3.08. The standard InChI is InChI=1S/C17H24N2/c1-2-7-17-14(5-1)11-15(17)12-18-8-4-10-19-9-3-6-16(19)13-18/h1-2,5,7,15-16H,3-4,6,8-13H2. The molecule has 2 heterocycles. The minimum atomic E-state index is 0.809. The van der Waals surface area contributed by atoms with Gasteiger partial charge in [0.05, 0.1) is 0 Å². The summed E-state index contributed by atoms with van der Waals surface area (Å²) >= 11 is 0. The molecule has 2 atom stereocenters. The maximum atomic E-state index is 2.75. The second kappa shape index (κ2) is 4.92. The van der Waals surface area contributed by atoms with E-state index < -0.39 is 0 Å². The van der Waals surface area contributed by atoms with Gasteiger partial charge in [0, 0.05) is 25.0 Å². The summed E-state index contributed by atoms with van der Waals surface area (Å²) in [6, 6.07) is 9.87. The van der Waals surface area contributed by atoms with E-state index in [0.29, 0.717) is 0 Å². The smallest absolute Gasteiger partial charge is 0.0223 e. The van der Waals surface area contributed by atoms with Crippen LogP contribution in [0, 0.1) is 0 Å². The lowest BCUT2D eigenvalue weighted by Gasteiger charge is -2.35. The molecule has 0 saturated carbocycles. The quantitative estimate of drug-likeness (QED) is 0.802. The van der Waals surface area contributed by atoms with Crippen LogP contribution >= 0.6 is 0 Å². The Labute approximate surface area is 116 Å². The van der Waals surface area contributed by atoms with Gasteiger partial charge in [0.25, 0.3) is 0 Å². The second-order valence-electron chi connectivity index (χ2n) is 6.55. The highest BCUT2D eigenvalue weighted by atomic mass is 15.3. The topological polar surface area (TPSA) is 6.48 Å². The first-order chi connectivity index (χ1) is 9.40. The largest absolute Gasteiger partial charge is 0.301 e. The molecule has 2 nitrogen and oxygen atoms in total. The Morgan fingerprint density at radius 3 is 2.89 bits per heavy atom. The molecule has 1 aromatic rings. The molecule has 4 rings (SSSR count). The van der Waals surface area contributed by atoms with E-state index in [2.05, 4.69) is 34.1 Å². The molecule has 1 aliphatic carbocycles. The fourth-order valence-electron chi connectivity index (χ4n) is 4.29. The highest BCUT2D eigenvalue weighted by Gasteiger charge is 2.32. The van der Waals surface area contributed by atoms with Gasteiger partial charge >= 0.3 is 0 Å². The summed E-state index contributed by atoms with van der Waals surface area (Å²) in [6.45, 7) is 6.61. The van der Waals surface area contributed by atoms with E-state index in [-0.39, 0.29) is 0 Å². The van der Waals surface area contributed by atoms with Crippen molar-refractivity contribution in [2.45, 2.75) is 37.6 Å². The molecule has 0 aromatic heterocycles. The molecule has 0 radical (unpaired) electrons. The predicted octanol–water partition coefficient (Wildman–Crippen LogP) is 2.50. The summed E-state index contributed by atoms with van der Waals surface area (Å²) in [5.41, 5.74) is 3.21. The molecule has 0 amide bonds. The first-order valence-electron chi connectivity index (χ1n) is 7.94. The summed E-state index contributed by atoms with van der Waals surface area (Å²) < 4.78 is 0. The van der Waals surface area contributed by atoms with Crippen LogP contribution in [0.5, 0.6) is 0 Å². The molecule has 0 N–H and O–H groups in total. The molecule has 2 unspecified atom stereocenters. The molecule has 1 aromatic carbocycles. The molecule has 0 spiro atoms. The first kappa shape index (κ1) is 11.9. The molecule has 19 heavy (non-hydrogen) atoms. The van der Waals surface area contributed by atoms with Crippen molar-refractivity contribution in [3.63, 3.8) is 0 Å². The minimum absolute atomic E-state index is 0.809. The van der Waals surface area contributed by atoms with Gasteiger partial charge in [0.15, 0.2) is 0 Å². The molecule has 2 fully saturated rings. The zero-order valence-electron chi connectivity index (χ0n) is 11.7. The summed E-state index contributed by atoms with van der Waals surface area (Å²) in [5.74, 6) is 0.809. The Hall–Kier alpha value is -0.860. The molecular weight excluding hydrogens is 232 g/mol. The number of hydrogen-bond donors (Lipinski definition) is 0. The van der Waals surface area contributed by atoms with Gasteiger partial charge in [-0.15, -0.1) is 0 Å². The summed E-state index contributed by atoms with van der Waals surface area (Å²) in [5, 5.41) is 0. The summed E-state index contributed by atoms with van der Waals surface area (Å²) in [4.78, 5) is 5.48. The zero-order chi connectivity index (χ0) is 12.7. The maximum absolute atomic E-state index is 2.75. The third-order valence-electron chi connectivity index (χ3n) is 5.33. The summed E-state index contributed by atoms with van der Waals surface area (Å²) in [6.07, 6.45) is 5.52. The molecule has 0 bridgehead atoms. The average molecular weight is 256 g/mol. The Bertz CT molecular complexity index is 456. The Balaban J connectivity index is 1.41. The molecule has 3 aliphatic rings. The van der Waals surface area contributed by atoms with Gasteiger partial charge in [-0.1, -0.05) is 24.3 Å². The fourth-order valence-corrected chi connectivity index (χ4v) is 4.29. The van der Waals surface area contributed by atoms with Gasteiger partial charge in [-0.3, -0.25) is 4.90 Å². The molecule has 2 saturated heterocycles. The van der Waals surface area contributed by atoms with Crippen LogP contribution in [0.15, 0.2) is 24.3 Å². The lowest BCUT2D eigenvalue weighted by molar-refractivity contribution is 0.208. The minimum Gasteiger partial charge on any atom is -0.301 e. The van der Waals surface area contributed by atoms with E-state index in [1.54, 1.807) is 11.1 Å². The third kappa shape index (κ3) is 2.21. The molecular formula is C17H24N2. The van der Waals surface area contributed by atoms with Crippen LogP contribution in [0.25, 0.3) is 0 Å². The lowest BCUT2D eigenvalue weighted by Crippen LogP contribution is -2.39. The van der Waals surface area contributed by atoms with Crippen molar-refractivity contribution in [3.8, 4) is 0 Å². The molecule has 2 heteroatoms. The zero-order valence-corrected chi connectivity index (χ0v) is 11.7. The number of rotatable bonds is 2. The van der Waals surface area contributed by atoms with Crippen LogP contribution in [0.3, 0.4) is 0 Å². The molecule has 2 aliphatic heterocycles.